The molecule has 0 atom stereocenters. The van der Waals surface area contributed by atoms with Gasteiger partial charge in [0, 0.05) is 26.3 Å². The second-order valence-electron chi connectivity index (χ2n) is 4.34. The molecule has 0 unspecified atom stereocenters. The number of carbonyl (C=O) groups excluding carboxylic acids is 1. The van der Waals surface area contributed by atoms with Crippen molar-refractivity contribution in [3.63, 3.8) is 0 Å². The molecule has 1 heterocycles. The quantitative estimate of drug-likeness (QED) is 0.873. The molecule has 0 bridgehead atoms. The number of hydrogen-bond acceptors (Lipinski definition) is 3. The van der Waals surface area contributed by atoms with Gasteiger partial charge >= 0.3 is 0 Å². The van der Waals surface area contributed by atoms with Gasteiger partial charge in [0.05, 0.1) is 18.4 Å². The summed E-state index contributed by atoms with van der Waals surface area (Å²) in [5, 5.41) is 13.1. The van der Waals surface area contributed by atoms with Crippen molar-refractivity contribution >= 4 is 5.91 Å². The number of benzene rings is 1. The molecular formula is C14H17N3O2. The molecule has 0 aliphatic carbocycles. The van der Waals surface area contributed by atoms with Crippen LogP contribution in [0.2, 0.25) is 0 Å². The van der Waals surface area contributed by atoms with Crippen LogP contribution in [0.5, 0.6) is 0 Å². The highest BCUT2D eigenvalue weighted by Crippen LogP contribution is 2.09. The summed E-state index contributed by atoms with van der Waals surface area (Å²) in [7, 11) is 1.77. The largest absolute Gasteiger partial charge is 0.395 e. The van der Waals surface area contributed by atoms with Crippen molar-refractivity contribution in [2.24, 2.45) is 7.05 Å². The van der Waals surface area contributed by atoms with Crippen LogP contribution >= 0.6 is 0 Å². The predicted octanol–water partition coefficient (Wildman–Crippen LogP) is 1.05. The minimum Gasteiger partial charge on any atom is -0.395 e. The monoisotopic (exact) mass is 259 g/mol. The lowest BCUT2D eigenvalue weighted by atomic mass is 10.2. The van der Waals surface area contributed by atoms with E-state index in [1.54, 1.807) is 22.8 Å². The van der Waals surface area contributed by atoms with E-state index in [1.165, 1.54) is 6.20 Å². The van der Waals surface area contributed by atoms with Gasteiger partial charge in [-0.05, 0) is 5.56 Å². The Morgan fingerprint density at radius 1 is 1.37 bits per heavy atom. The van der Waals surface area contributed by atoms with E-state index in [0.29, 0.717) is 18.7 Å². The topological polar surface area (TPSA) is 58.4 Å². The Hall–Kier alpha value is -2.14. The fourth-order valence-corrected chi connectivity index (χ4v) is 1.89. The number of carbonyl (C=O) groups is 1. The van der Waals surface area contributed by atoms with Crippen LogP contribution in [0.25, 0.3) is 0 Å². The molecule has 0 saturated heterocycles. The van der Waals surface area contributed by atoms with E-state index in [2.05, 4.69) is 5.10 Å². The maximum Gasteiger partial charge on any atom is 0.257 e. The second kappa shape index (κ2) is 6.15. The zero-order valence-corrected chi connectivity index (χ0v) is 10.9. The van der Waals surface area contributed by atoms with E-state index in [1.807, 2.05) is 30.3 Å². The average molecular weight is 259 g/mol. The standard InChI is InChI=1S/C14H17N3O2/c1-16-11-13(9-15-16)14(19)17(7-8-18)10-12-5-3-2-4-6-12/h2-6,9,11,18H,7-8,10H2,1H3. The van der Waals surface area contributed by atoms with E-state index in [-0.39, 0.29) is 12.5 Å². The van der Waals surface area contributed by atoms with Crippen LogP contribution in [0.15, 0.2) is 42.7 Å². The molecule has 0 radical (unpaired) electrons. The molecule has 0 fully saturated rings. The van der Waals surface area contributed by atoms with Crippen molar-refractivity contribution in [1.29, 1.82) is 0 Å². The van der Waals surface area contributed by atoms with E-state index < -0.39 is 0 Å². The van der Waals surface area contributed by atoms with Gasteiger partial charge in [0.15, 0.2) is 0 Å². The molecule has 1 aromatic heterocycles. The third-order valence-corrected chi connectivity index (χ3v) is 2.83. The van der Waals surface area contributed by atoms with E-state index in [4.69, 9.17) is 5.11 Å². The summed E-state index contributed by atoms with van der Waals surface area (Å²) in [5.41, 5.74) is 1.57. The number of aromatic nitrogens is 2. The van der Waals surface area contributed by atoms with Crippen molar-refractivity contribution in [2.45, 2.75) is 6.54 Å². The van der Waals surface area contributed by atoms with Gasteiger partial charge in [-0.1, -0.05) is 30.3 Å². The first kappa shape index (κ1) is 13.3. The summed E-state index contributed by atoms with van der Waals surface area (Å²) in [4.78, 5) is 13.9. The van der Waals surface area contributed by atoms with Crippen LogP contribution in [0.3, 0.4) is 0 Å². The highest BCUT2D eigenvalue weighted by molar-refractivity contribution is 5.93. The minimum atomic E-state index is -0.119. The molecule has 0 aliphatic rings. The van der Waals surface area contributed by atoms with Crippen LogP contribution in [0.4, 0.5) is 0 Å². The van der Waals surface area contributed by atoms with Gasteiger partial charge in [-0.2, -0.15) is 5.10 Å². The van der Waals surface area contributed by atoms with Crippen LogP contribution in [-0.4, -0.2) is 38.8 Å². The predicted molar refractivity (Wildman–Crippen MR) is 71.5 cm³/mol. The zero-order valence-electron chi connectivity index (χ0n) is 10.9. The molecule has 19 heavy (non-hydrogen) atoms. The summed E-state index contributed by atoms with van der Waals surface area (Å²) in [6, 6.07) is 9.71. The Balaban J connectivity index is 2.13. The lowest BCUT2D eigenvalue weighted by Crippen LogP contribution is -2.32. The van der Waals surface area contributed by atoms with Crippen molar-refractivity contribution in [2.75, 3.05) is 13.2 Å². The SMILES string of the molecule is Cn1cc(C(=O)N(CCO)Cc2ccccc2)cn1. The van der Waals surface area contributed by atoms with Gasteiger partial charge in [-0.25, -0.2) is 0 Å². The van der Waals surface area contributed by atoms with Crippen LogP contribution in [-0.2, 0) is 13.6 Å². The van der Waals surface area contributed by atoms with Gasteiger partial charge < -0.3 is 10.0 Å². The van der Waals surface area contributed by atoms with Crippen molar-refractivity contribution in [3.05, 3.63) is 53.9 Å². The molecule has 0 saturated carbocycles. The third-order valence-electron chi connectivity index (χ3n) is 2.83. The van der Waals surface area contributed by atoms with Gasteiger partial charge in [0.2, 0.25) is 0 Å². The number of aliphatic hydroxyl groups is 1. The molecule has 5 heteroatoms. The number of hydrogen-bond donors (Lipinski definition) is 1. The van der Waals surface area contributed by atoms with Crippen LogP contribution in [0, 0.1) is 0 Å². The Morgan fingerprint density at radius 3 is 2.68 bits per heavy atom. The molecule has 5 nitrogen and oxygen atoms in total. The number of nitrogens with zero attached hydrogens (tertiary/aromatic N) is 3. The molecule has 0 aliphatic heterocycles. The van der Waals surface area contributed by atoms with Crippen LogP contribution in [0.1, 0.15) is 15.9 Å². The highest BCUT2D eigenvalue weighted by Gasteiger charge is 2.16. The first-order valence-corrected chi connectivity index (χ1v) is 6.13. The number of aliphatic hydroxyl groups excluding tert-OH is 1. The van der Waals surface area contributed by atoms with E-state index in [9.17, 15) is 4.79 Å². The van der Waals surface area contributed by atoms with E-state index >= 15 is 0 Å². The van der Waals surface area contributed by atoms with Gasteiger partial charge in [-0.3, -0.25) is 9.48 Å². The molecule has 1 aromatic carbocycles. The van der Waals surface area contributed by atoms with Crippen LogP contribution < -0.4 is 0 Å². The van der Waals surface area contributed by atoms with E-state index in [0.717, 1.165) is 5.56 Å². The van der Waals surface area contributed by atoms with Gasteiger partial charge in [0.25, 0.3) is 5.91 Å². The highest BCUT2D eigenvalue weighted by atomic mass is 16.3. The molecule has 100 valence electrons. The molecule has 1 N–H and O–H groups in total. The number of rotatable bonds is 5. The molecule has 1 amide bonds. The molecular weight excluding hydrogens is 242 g/mol. The number of amides is 1. The Bertz CT molecular complexity index is 537. The number of aryl methyl sites for hydroxylation is 1. The van der Waals surface area contributed by atoms with Crippen molar-refractivity contribution in [3.8, 4) is 0 Å². The smallest absolute Gasteiger partial charge is 0.257 e. The normalized spacial score (nSPS) is 10.4. The lowest BCUT2D eigenvalue weighted by molar-refractivity contribution is 0.0708. The first-order chi connectivity index (χ1) is 9.20. The summed E-state index contributed by atoms with van der Waals surface area (Å²) >= 11 is 0. The second-order valence-corrected chi connectivity index (χ2v) is 4.34. The summed E-state index contributed by atoms with van der Waals surface area (Å²) in [6.45, 7) is 0.733. The summed E-state index contributed by atoms with van der Waals surface area (Å²) < 4.78 is 1.59. The Labute approximate surface area is 112 Å². The minimum absolute atomic E-state index is 0.0567. The molecule has 2 rings (SSSR count). The average Bonchev–Trinajstić information content (AvgIpc) is 2.85. The van der Waals surface area contributed by atoms with Crippen molar-refractivity contribution in [1.82, 2.24) is 14.7 Å². The zero-order chi connectivity index (χ0) is 13.7. The third kappa shape index (κ3) is 3.42. The van der Waals surface area contributed by atoms with Gasteiger partial charge in [0.1, 0.15) is 0 Å². The summed E-state index contributed by atoms with van der Waals surface area (Å²) in [5.74, 6) is -0.119. The maximum atomic E-state index is 12.3. The summed E-state index contributed by atoms with van der Waals surface area (Å²) in [6.07, 6.45) is 3.22. The van der Waals surface area contributed by atoms with Crippen molar-refractivity contribution < 1.29 is 9.90 Å². The maximum absolute atomic E-state index is 12.3. The fraction of sp³-hybridized carbons (Fsp3) is 0.286. The lowest BCUT2D eigenvalue weighted by Gasteiger charge is -2.21. The Kier molecular flexibility index (Phi) is 4.30. The fourth-order valence-electron chi connectivity index (χ4n) is 1.89. The Morgan fingerprint density at radius 2 is 2.11 bits per heavy atom. The van der Waals surface area contributed by atoms with Gasteiger partial charge in [-0.15, -0.1) is 0 Å². The first-order valence-electron chi connectivity index (χ1n) is 6.13. The molecule has 0 spiro atoms. The molecule has 2 aromatic rings.